The largest absolute Gasteiger partial charge is 0.338 e. The van der Waals surface area contributed by atoms with Crippen LogP contribution in [0.1, 0.15) is 34.8 Å². The van der Waals surface area contributed by atoms with Crippen molar-refractivity contribution >= 4 is 37.8 Å². The molecule has 110 valence electrons. The Morgan fingerprint density at radius 3 is 2.95 bits per heavy atom. The Labute approximate surface area is 140 Å². The second-order valence-corrected chi connectivity index (χ2v) is 7.00. The fourth-order valence-electron chi connectivity index (χ4n) is 2.74. The highest BCUT2D eigenvalue weighted by Crippen LogP contribution is 2.28. The van der Waals surface area contributed by atoms with Crippen LogP contribution in [0, 0.1) is 0 Å². The molecule has 1 unspecified atom stereocenters. The number of benzene rings is 1. The zero-order valence-electron chi connectivity index (χ0n) is 11.4. The van der Waals surface area contributed by atoms with E-state index in [4.69, 9.17) is 0 Å². The summed E-state index contributed by atoms with van der Waals surface area (Å²) in [5, 5.41) is 7.03. The Morgan fingerprint density at radius 1 is 1.33 bits per heavy atom. The Morgan fingerprint density at radius 2 is 2.19 bits per heavy atom. The van der Waals surface area contributed by atoms with Gasteiger partial charge in [0, 0.05) is 39.8 Å². The number of nitrogens with one attached hydrogen (secondary N) is 1. The van der Waals surface area contributed by atoms with Crippen molar-refractivity contribution in [3.8, 4) is 0 Å². The molecule has 21 heavy (non-hydrogen) atoms. The lowest BCUT2D eigenvalue weighted by Gasteiger charge is -2.32. The third-order valence-electron chi connectivity index (χ3n) is 3.83. The molecule has 1 fully saturated rings. The van der Waals surface area contributed by atoms with Gasteiger partial charge in [0.1, 0.15) is 0 Å². The van der Waals surface area contributed by atoms with E-state index in [1.807, 2.05) is 29.2 Å². The van der Waals surface area contributed by atoms with E-state index in [2.05, 4.69) is 42.1 Å². The van der Waals surface area contributed by atoms with Crippen molar-refractivity contribution in [2.75, 3.05) is 13.1 Å². The van der Waals surface area contributed by atoms with Crippen molar-refractivity contribution in [1.82, 2.24) is 15.1 Å². The molecule has 6 heteroatoms. The van der Waals surface area contributed by atoms with Gasteiger partial charge < -0.3 is 4.90 Å². The lowest BCUT2D eigenvalue weighted by molar-refractivity contribution is 0.0705. The van der Waals surface area contributed by atoms with Gasteiger partial charge in [0.2, 0.25) is 0 Å². The van der Waals surface area contributed by atoms with Gasteiger partial charge in [0.15, 0.2) is 0 Å². The van der Waals surface area contributed by atoms with Gasteiger partial charge in [-0.25, -0.2) is 0 Å². The number of amides is 1. The van der Waals surface area contributed by atoms with Crippen LogP contribution in [0.5, 0.6) is 0 Å². The summed E-state index contributed by atoms with van der Waals surface area (Å²) in [6.45, 7) is 1.54. The van der Waals surface area contributed by atoms with Gasteiger partial charge in [-0.1, -0.05) is 15.9 Å². The summed E-state index contributed by atoms with van der Waals surface area (Å²) in [6.07, 6.45) is 3.87. The van der Waals surface area contributed by atoms with Crippen LogP contribution in [-0.2, 0) is 0 Å². The average molecular weight is 413 g/mol. The van der Waals surface area contributed by atoms with Gasteiger partial charge in [-0.2, -0.15) is 5.10 Å². The number of halogens is 2. The number of hydrogen-bond acceptors (Lipinski definition) is 2. The maximum Gasteiger partial charge on any atom is 0.255 e. The van der Waals surface area contributed by atoms with Crippen LogP contribution in [0.3, 0.4) is 0 Å². The van der Waals surface area contributed by atoms with Crippen LogP contribution >= 0.6 is 31.9 Å². The smallest absolute Gasteiger partial charge is 0.255 e. The molecule has 1 aliphatic heterocycles. The van der Waals surface area contributed by atoms with Crippen molar-refractivity contribution in [3.05, 3.63) is 50.7 Å². The molecular weight excluding hydrogens is 398 g/mol. The summed E-state index contributed by atoms with van der Waals surface area (Å²) in [5.74, 6) is 0.420. The molecular formula is C15H15Br2N3O. The van der Waals surface area contributed by atoms with Crippen molar-refractivity contribution in [2.45, 2.75) is 18.8 Å². The van der Waals surface area contributed by atoms with E-state index in [1.54, 1.807) is 6.20 Å². The fraction of sp³-hybridized carbons (Fsp3) is 0.333. The fourth-order valence-corrected chi connectivity index (χ4v) is 3.52. The zero-order chi connectivity index (χ0) is 14.8. The van der Waals surface area contributed by atoms with E-state index in [-0.39, 0.29) is 5.91 Å². The first-order valence-corrected chi connectivity index (χ1v) is 8.47. The molecule has 1 atom stereocenters. The van der Waals surface area contributed by atoms with E-state index >= 15 is 0 Å². The monoisotopic (exact) mass is 411 g/mol. The van der Waals surface area contributed by atoms with Gasteiger partial charge in [-0.05, 0) is 53.0 Å². The minimum absolute atomic E-state index is 0.0763. The molecule has 2 aromatic rings. The SMILES string of the molecule is O=C(c1cc(Br)ccc1Br)N1CCCC(c2ccn[nH]2)C1. The Balaban J connectivity index is 1.79. The summed E-state index contributed by atoms with van der Waals surface area (Å²) in [6, 6.07) is 7.68. The highest BCUT2D eigenvalue weighted by Gasteiger charge is 2.27. The summed E-state index contributed by atoms with van der Waals surface area (Å²) in [4.78, 5) is 14.7. The summed E-state index contributed by atoms with van der Waals surface area (Å²) in [5.41, 5.74) is 1.82. The maximum atomic E-state index is 12.7. The molecule has 4 nitrogen and oxygen atoms in total. The lowest BCUT2D eigenvalue weighted by atomic mass is 9.94. The number of nitrogens with zero attached hydrogens (tertiary/aromatic N) is 2. The molecule has 1 aliphatic rings. The molecule has 0 bridgehead atoms. The number of hydrogen-bond donors (Lipinski definition) is 1. The molecule has 0 radical (unpaired) electrons. The third-order valence-corrected chi connectivity index (χ3v) is 5.01. The molecule has 1 aromatic heterocycles. The molecule has 1 saturated heterocycles. The first kappa shape index (κ1) is 14.8. The highest BCUT2D eigenvalue weighted by molar-refractivity contribution is 9.11. The van der Waals surface area contributed by atoms with Crippen LogP contribution in [-0.4, -0.2) is 34.1 Å². The number of carbonyl (C=O) groups excluding carboxylic acids is 1. The average Bonchev–Trinajstić information content (AvgIpc) is 3.03. The van der Waals surface area contributed by atoms with Crippen LogP contribution in [0.2, 0.25) is 0 Å². The number of aromatic amines is 1. The Hall–Kier alpha value is -1.14. The number of piperidine rings is 1. The van der Waals surface area contributed by atoms with Gasteiger partial charge in [-0.15, -0.1) is 0 Å². The van der Waals surface area contributed by atoms with E-state index in [1.165, 1.54) is 0 Å². The molecule has 0 saturated carbocycles. The van der Waals surface area contributed by atoms with Crippen molar-refractivity contribution < 1.29 is 4.79 Å². The highest BCUT2D eigenvalue weighted by atomic mass is 79.9. The van der Waals surface area contributed by atoms with Crippen molar-refractivity contribution in [1.29, 1.82) is 0 Å². The number of likely N-dealkylation sites (tertiary alicyclic amines) is 1. The molecule has 1 amide bonds. The normalized spacial score (nSPS) is 18.8. The molecule has 3 rings (SSSR count). The van der Waals surface area contributed by atoms with Crippen LogP contribution < -0.4 is 0 Å². The second-order valence-electron chi connectivity index (χ2n) is 5.23. The van der Waals surface area contributed by atoms with Crippen molar-refractivity contribution in [2.24, 2.45) is 0 Å². The molecule has 0 aliphatic carbocycles. The molecule has 2 heterocycles. The topological polar surface area (TPSA) is 49.0 Å². The second kappa shape index (κ2) is 6.32. The van der Waals surface area contributed by atoms with Gasteiger partial charge in [0.05, 0.1) is 5.56 Å². The standard InChI is InChI=1S/C15H15Br2N3O/c16-11-3-4-13(17)12(8-11)15(21)20-7-1-2-10(9-20)14-5-6-18-19-14/h3-6,8,10H,1-2,7,9H2,(H,18,19). The molecule has 1 aromatic carbocycles. The molecule has 1 N–H and O–H groups in total. The summed E-state index contributed by atoms with van der Waals surface area (Å²) in [7, 11) is 0. The third kappa shape index (κ3) is 3.21. The quantitative estimate of drug-likeness (QED) is 0.811. The van der Waals surface area contributed by atoms with E-state index < -0.39 is 0 Å². The maximum absolute atomic E-state index is 12.7. The van der Waals surface area contributed by atoms with Gasteiger partial charge in [-0.3, -0.25) is 9.89 Å². The van der Waals surface area contributed by atoms with Crippen LogP contribution in [0.25, 0.3) is 0 Å². The number of carbonyl (C=O) groups is 1. The van der Waals surface area contributed by atoms with Crippen LogP contribution in [0.4, 0.5) is 0 Å². The van der Waals surface area contributed by atoms with E-state index in [0.717, 1.165) is 40.6 Å². The number of H-pyrrole nitrogens is 1. The minimum Gasteiger partial charge on any atom is -0.338 e. The number of aromatic nitrogens is 2. The summed E-state index contributed by atoms with van der Waals surface area (Å²) >= 11 is 6.89. The molecule has 0 spiro atoms. The Bertz CT molecular complexity index is 642. The zero-order valence-corrected chi connectivity index (χ0v) is 14.5. The first-order chi connectivity index (χ1) is 10.1. The van der Waals surface area contributed by atoms with E-state index in [0.29, 0.717) is 11.5 Å². The first-order valence-electron chi connectivity index (χ1n) is 6.89. The predicted octanol–water partition coefficient (Wildman–Crippen LogP) is 3.95. The predicted molar refractivity (Wildman–Crippen MR) is 88.3 cm³/mol. The van der Waals surface area contributed by atoms with Gasteiger partial charge >= 0.3 is 0 Å². The summed E-state index contributed by atoms with van der Waals surface area (Å²) < 4.78 is 1.75. The van der Waals surface area contributed by atoms with Gasteiger partial charge in [0.25, 0.3) is 5.91 Å². The Kier molecular flexibility index (Phi) is 4.45. The minimum atomic E-state index is 0.0763. The lowest BCUT2D eigenvalue weighted by Crippen LogP contribution is -2.39. The van der Waals surface area contributed by atoms with Crippen LogP contribution in [0.15, 0.2) is 39.4 Å². The van der Waals surface area contributed by atoms with E-state index in [9.17, 15) is 4.79 Å². The number of rotatable bonds is 2. The van der Waals surface area contributed by atoms with Crippen molar-refractivity contribution in [3.63, 3.8) is 0 Å².